The number of carbonyl (C=O) groups is 1. The van der Waals surface area contributed by atoms with Gasteiger partial charge in [0.1, 0.15) is 0 Å². The Kier molecular flexibility index (Phi) is 3.21. The predicted octanol–water partition coefficient (Wildman–Crippen LogP) is 3.05. The summed E-state index contributed by atoms with van der Waals surface area (Å²) in [5, 5.41) is 4.65. The molecule has 0 radical (unpaired) electrons. The van der Waals surface area contributed by atoms with Crippen LogP contribution < -0.4 is 5.73 Å². The molecule has 4 heteroatoms. The molecule has 0 fully saturated rings. The minimum Gasteiger partial charge on any atom is -0.323 e. The zero-order valence-electron chi connectivity index (χ0n) is 12.8. The van der Waals surface area contributed by atoms with Gasteiger partial charge >= 0.3 is 0 Å². The average Bonchev–Trinajstić information content (AvgIpc) is 2.78. The van der Waals surface area contributed by atoms with Crippen LogP contribution in [0.3, 0.4) is 0 Å². The summed E-state index contributed by atoms with van der Waals surface area (Å²) in [4.78, 5) is 12.6. The van der Waals surface area contributed by atoms with E-state index in [1.807, 2.05) is 41.9 Å². The molecule has 1 unspecified atom stereocenters. The summed E-state index contributed by atoms with van der Waals surface area (Å²) < 4.78 is 1.90. The van der Waals surface area contributed by atoms with Gasteiger partial charge in [0, 0.05) is 12.5 Å². The summed E-state index contributed by atoms with van der Waals surface area (Å²) in [6.07, 6.45) is 1.39. The van der Waals surface area contributed by atoms with E-state index < -0.39 is 0 Å². The van der Waals surface area contributed by atoms with Crippen molar-refractivity contribution in [3.05, 3.63) is 47.3 Å². The third-order valence-electron chi connectivity index (χ3n) is 4.00. The van der Waals surface area contributed by atoms with E-state index in [0.29, 0.717) is 12.1 Å². The molecule has 0 saturated carbocycles. The maximum absolute atomic E-state index is 12.6. The lowest BCUT2D eigenvalue weighted by Crippen LogP contribution is -2.28. The van der Waals surface area contributed by atoms with Crippen molar-refractivity contribution >= 4 is 5.78 Å². The number of fused-ring (bicyclic) bond motifs is 1. The highest BCUT2D eigenvalue weighted by Gasteiger charge is 2.37. The Hall–Kier alpha value is -1.94. The number of ketones is 1. The van der Waals surface area contributed by atoms with Gasteiger partial charge in [-0.05, 0) is 30.9 Å². The monoisotopic (exact) mass is 283 g/mol. The standard InChI is InChI=1S/C17H21N3O/c1-11(18)16-15-13(9-17(2,3)10-14(15)21)20(19-16)12-7-5-4-6-8-12/h4-8,11H,9-10,18H2,1-3H3. The maximum Gasteiger partial charge on any atom is 0.167 e. The van der Waals surface area contributed by atoms with Crippen LogP contribution in [0.1, 0.15) is 55.0 Å². The number of carbonyl (C=O) groups excluding carboxylic acids is 1. The zero-order valence-corrected chi connectivity index (χ0v) is 12.8. The lowest BCUT2D eigenvalue weighted by Gasteiger charge is -2.29. The van der Waals surface area contributed by atoms with Crippen molar-refractivity contribution in [3.63, 3.8) is 0 Å². The smallest absolute Gasteiger partial charge is 0.167 e. The van der Waals surface area contributed by atoms with Gasteiger partial charge in [-0.25, -0.2) is 4.68 Å². The quantitative estimate of drug-likeness (QED) is 0.921. The van der Waals surface area contributed by atoms with E-state index in [1.54, 1.807) is 0 Å². The van der Waals surface area contributed by atoms with E-state index in [2.05, 4.69) is 18.9 Å². The molecule has 0 bridgehead atoms. The van der Waals surface area contributed by atoms with Crippen molar-refractivity contribution in [1.82, 2.24) is 9.78 Å². The summed E-state index contributed by atoms with van der Waals surface area (Å²) in [5.74, 6) is 0.163. The van der Waals surface area contributed by atoms with Crippen molar-refractivity contribution in [2.45, 2.75) is 39.7 Å². The Balaban J connectivity index is 2.24. The fourth-order valence-electron chi connectivity index (χ4n) is 3.08. The van der Waals surface area contributed by atoms with Crippen molar-refractivity contribution < 1.29 is 4.79 Å². The van der Waals surface area contributed by atoms with Crippen molar-refractivity contribution in [2.75, 3.05) is 0 Å². The van der Waals surface area contributed by atoms with Gasteiger partial charge in [-0.3, -0.25) is 4.79 Å². The zero-order chi connectivity index (χ0) is 15.2. The van der Waals surface area contributed by atoms with E-state index in [4.69, 9.17) is 5.73 Å². The predicted molar refractivity (Wildman–Crippen MR) is 82.6 cm³/mol. The Morgan fingerprint density at radius 2 is 1.90 bits per heavy atom. The fraction of sp³-hybridized carbons (Fsp3) is 0.412. The Bertz CT molecular complexity index is 684. The fourth-order valence-corrected chi connectivity index (χ4v) is 3.08. The van der Waals surface area contributed by atoms with Crippen LogP contribution >= 0.6 is 0 Å². The molecule has 1 atom stereocenters. The number of hydrogen-bond acceptors (Lipinski definition) is 3. The second-order valence-electron chi connectivity index (χ2n) is 6.68. The van der Waals surface area contributed by atoms with Crippen LogP contribution in [0.25, 0.3) is 5.69 Å². The highest BCUT2D eigenvalue weighted by Crippen LogP contribution is 2.38. The van der Waals surface area contributed by atoms with Crippen LogP contribution in [0.15, 0.2) is 30.3 Å². The topological polar surface area (TPSA) is 60.9 Å². The van der Waals surface area contributed by atoms with Gasteiger partial charge in [-0.15, -0.1) is 0 Å². The third kappa shape index (κ3) is 2.40. The van der Waals surface area contributed by atoms with Crippen molar-refractivity contribution in [3.8, 4) is 5.69 Å². The van der Waals surface area contributed by atoms with Crippen LogP contribution in [-0.2, 0) is 6.42 Å². The molecule has 2 aromatic rings. The maximum atomic E-state index is 12.6. The molecular weight excluding hydrogens is 262 g/mol. The highest BCUT2D eigenvalue weighted by molar-refractivity contribution is 6.00. The number of hydrogen-bond donors (Lipinski definition) is 1. The highest BCUT2D eigenvalue weighted by atomic mass is 16.1. The molecule has 1 aromatic carbocycles. The number of para-hydroxylation sites is 1. The van der Waals surface area contributed by atoms with Gasteiger partial charge in [-0.1, -0.05) is 32.0 Å². The Labute approximate surface area is 125 Å². The van der Waals surface area contributed by atoms with E-state index in [9.17, 15) is 4.79 Å². The molecule has 2 N–H and O–H groups in total. The number of nitrogens with two attached hydrogens (primary N) is 1. The van der Waals surface area contributed by atoms with E-state index in [-0.39, 0.29) is 17.2 Å². The second-order valence-corrected chi connectivity index (χ2v) is 6.68. The number of Topliss-reactive ketones (excluding diaryl/α,β-unsaturated/α-hetero) is 1. The molecule has 0 saturated heterocycles. The summed E-state index contributed by atoms with van der Waals surface area (Å²) in [5.41, 5.74) is 9.43. The lowest BCUT2D eigenvalue weighted by molar-refractivity contribution is 0.0909. The minimum absolute atomic E-state index is 0.0360. The van der Waals surface area contributed by atoms with Gasteiger partial charge in [0.15, 0.2) is 5.78 Å². The Morgan fingerprint density at radius 3 is 2.52 bits per heavy atom. The summed E-state index contributed by atoms with van der Waals surface area (Å²) in [7, 11) is 0. The van der Waals surface area contributed by atoms with Crippen molar-refractivity contribution in [2.24, 2.45) is 11.1 Å². The molecule has 3 rings (SSSR count). The van der Waals surface area contributed by atoms with Gasteiger partial charge in [0.05, 0.1) is 22.6 Å². The molecule has 1 aliphatic rings. The number of aromatic nitrogens is 2. The molecule has 1 aliphatic carbocycles. The third-order valence-corrected chi connectivity index (χ3v) is 4.00. The van der Waals surface area contributed by atoms with Gasteiger partial charge in [-0.2, -0.15) is 5.10 Å². The van der Waals surface area contributed by atoms with Gasteiger partial charge in [0.2, 0.25) is 0 Å². The van der Waals surface area contributed by atoms with Crippen molar-refractivity contribution in [1.29, 1.82) is 0 Å². The van der Waals surface area contributed by atoms with E-state index in [1.165, 1.54) is 0 Å². The molecule has 0 amide bonds. The number of nitrogens with zero attached hydrogens (tertiary/aromatic N) is 2. The molecule has 110 valence electrons. The first kappa shape index (κ1) is 14.0. The molecule has 21 heavy (non-hydrogen) atoms. The molecule has 0 spiro atoms. The molecule has 1 heterocycles. The normalized spacial score (nSPS) is 18.4. The molecule has 1 aromatic heterocycles. The molecule has 0 aliphatic heterocycles. The second kappa shape index (κ2) is 4.81. The van der Waals surface area contributed by atoms with Crippen LogP contribution in [-0.4, -0.2) is 15.6 Å². The summed E-state index contributed by atoms with van der Waals surface area (Å²) in [6.45, 7) is 6.13. The SMILES string of the molecule is CC(N)c1nn(-c2ccccc2)c2c1C(=O)CC(C)(C)C2. The van der Waals surface area contributed by atoms with Crippen LogP contribution in [0.5, 0.6) is 0 Å². The minimum atomic E-state index is -0.242. The van der Waals surface area contributed by atoms with Crippen LogP contribution in [0, 0.1) is 5.41 Å². The largest absolute Gasteiger partial charge is 0.323 e. The van der Waals surface area contributed by atoms with Gasteiger partial charge in [0.25, 0.3) is 0 Å². The number of benzene rings is 1. The van der Waals surface area contributed by atoms with Gasteiger partial charge < -0.3 is 5.73 Å². The summed E-state index contributed by atoms with van der Waals surface area (Å²) >= 11 is 0. The number of rotatable bonds is 2. The molecular formula is C17H21N3O. The van der Waals surface area contributed by atoms with E-state index in [0.717, 1.165) is 23.4 Å². The van der Waals surface area contributed by atoms with Crippen LogP contribution in [0.2, 0.25) is 0 Å². The lowest BCUT2D eigenvalue weighted by atomic mass is 9.75. The Morgan fingerprint density at radius 1 is 1.24 bits per heavy atom. The summed E-state index contributed by atoms with van der Waals surface area (Å²) in [6, 6.07) is 9.69. The molecule has 4 nitrogen and oxygen atoms in total. The first-order chi connectivity index (χ1) is 9.89. The van der Waals surface area contributed by atoms with E-state index >= 15 is 0 Å². The average molecular weight is 283 g/mol. The van der Waals surface area contributed by atoms with Crippen LogP contribution in [0.4, 0.5) is 0 Å². The first-order valence-corrected chi connectivity index (χ1v) is 7.35. The first-order valence-electron chi connectivity index (χ1n) is 7.35.